The molecule has 17 aromatic carbocycles. The van der Waals surface area contributed by atoms with Crippen LogP contribution in [0.15, 0.2) is 388 Å². The molecule has 0 aliphatic carbocycles. The number of nitrogens with zero attached hydrogens (tertiary/aromatic N) is 6. The molecule has 0 spiro atoms. The van der Waals surface area contributed by atoms with Crippen molar-refractivity contribution in [2.45, 2.75) is 26.2 Å². The first-order chi connectivity index (χ1) is 64.0. The smallest absolute Gasteiger partial charge is 0.252 e. The van der Waals surface area contributed by atoms with Gasteiger partial charge in [-0.15, -0.1) is 0 Å². The molecule has 23 rings (SSSR count). The molecule has 0 N–H and O–H groups in total. The third-order valence-electron chi connectivity index (χ3n) is 22.8. The average Bonchev–Trinajstić information content (AvgIpc) is 1.53. The monoisotopic (exact) mass is 1460 g/mol. The highest BCUT2D eigenvalue weighted by atomic mass is 15.2. The molecule has 0 saturated carbocycles. The molecule has 6 nitrogen and oxygen atoms in total. The van der Waals surface area contributed by atoms with E-state index in [1.54, 1.807) is 6.07 Å². The van der Waals surface area contributed by atoms with Crippen LogP contribution >= 0.6 is 0 Å². The van der Waals surface area contributed by atoms with Crippen LogP contribution in [-0.4, -0.2) is 25.0 Å². The third-order valence-corrected chi connectivity index (χ3v) is 22.8. The third kappa shape index (κ3) is 9.94. The number of hydrogen-bond donors (Lipinski definition) is 0. The molecule has 2 aliphatic rings. The fourth-order valence-electron chi connectivity index (χ4n) is 17.9. The van der Waals surface area contributed by atoms with E-state index in [1.165, 1.54) is 9.13 Å². The molecule has 0 bridgehead atoms. The largest absolute Gasteiger partial charge is 0.311 e. The van der Waals surface area contributed by atoms with Crippen molar-refractivity contribution in [1.82, 2.24) is 18.3 Å². The van der Waals surface area contributed by atoms with E-state index in [2.05, 4.69) is 89.7 Å². The molecular weight excluding hydrogens is 1370 g/mol. The summed E-state index contributed by atoms with van der Waals surface area (Å²) < 4.78 is 201. The predicted molar refractivity (Wildman–Crippen MR) is 478 cm³/mol. The molecule has 0 saturated heterocycles. The number of para-hydroxylation sites is 7. The van der Waals surface area contributed by atoms with Gasteiger partial charge < -0.3 is 28.1 Å². The van der Waals surface area contributed by atoms with Crippen molar-refractivity contribution in [2.75, 3.05) is 9.80 Å². The Balaban J connectivity index is 0.934. The highest BCUT2D eigenvalue weighted by Crippen LogP contribution is 2.54. The first-order valence-corrected chi connectivity index (χ1v) is 37.7. The highest BCUT2D eigenvalue weighted by molar-refractivity contribution is 7.00. The van der Waals surface area contributed by atoms with Gasteiger partial charge in [-0.3, -0.25) is 0 Å². The van der Waals surface area contributed by atoms with E-state index in [0.29, 0.717) is 78.2 Å². The maximum Gasteiger partial charge on any atom is 0.252 e. The Morgan fingerprint density at radius 3 is 1.05 bits per heavy atom. The van der Waals surface area contributed by atoms with Gasteiger partial charge in [0.2, 0.25) is 0 Å². The zero-order valence-corrected chi connectivity index (χ0v) is 61.2. The molecule has 0 unspecified atom stereocenters. The van der Waals surface area contributed by atoms with Gasteiger partial charge in [0.05, 0.1) is 82.9 Å². The molecule has 0 amide bonds. The Kier molecular flexibility index (Phi) is 10.5. The van der Waals surface area contributed by atoms with Crippen molar-refractivity contribution in [1.29, 1.82) is 0 Å². The minimum Gasteiger partial charge on any atom is -0.311 e. The Morgan fingerprint density at radius 1 is 0.248 bits per heavy atom. The lowest BCUT2D eigenvalue weighted by Crippen LogP contribution is -2.61. The Bertz CT molecular complexity index is 8440. The predicted octanol–water partition coefficient (Wildman–Crippen LogP) is 26.1. The molecule has 0 radical (unpaired) electrons. The van der Waals surface area contributed by atoms with Gasteiger partial charge in [-0.25, -0.2) is 0 Å². The van der Waals surface area contributed by atoms with Gasteiger partial charge in [0.25, 0.3) is 6.71 Å². The average molecular weight is 1460 g/mol. The van der Waals surface area contributed by atoms with Crippen molar-refractivity contribution < 1.29 is 27.4 Å². The van der Waals surface area contributed by atoms with E-state index in [1.807, 2.05) is 211 Å². The second-order valence-corrected chi connectivity index (χ2v) is 30.1. The van der Waals surface area contributed by atoms with Gasteiger partial charge in [0.15, 0.2) is 0 Å². The van der Waals surface area contributed by atoms with Gasteiger partial charge in [0.1, 0.15) is 0 Å². The van der Waals surface area contributed by atoms with E-state index in [-0.39, 0.29) is 78.0 Å². The first kappa shape index (κ1) is 47.5. The van der Waals surface area contributed by atoms with Crippen LogP contribution in [0.25, 0.3) is 154 Å². The zero-order valence-electron chi connectivity index (χ0n) is 81.2. The van der Waals surface area contributed by atoms with Gasteiger partial charge in [-0.2, -0.15) is 0 Å². The maximum absolute atomic E-state index is 10.3. The van der Waals surface area contributed by atoms with Crippen LogP contribution in [0.5, 0.6) is 0 Å². The fraction of sp³-hybridized carbons (Fsp3) is 0.0377. The normalized spacial score (nSPS) is 15.2. The minimum atomic E-state index is -0.954. The van der Waals surface area contributed by atoms with Gasteiger partial charge in [0, 0.05) is 99.7 Å². The molecule has 21 aromatic rings. The molecule has 2 aliphatic heterocycles. The van der Waals surface area contributed by atoms with Crippen LogP contribution in [0.2, 0.25) is 0 Å². The number of fused-ring (bicyclic) bond motifs is 16. The van der Waals surface area contributed by atoms with E-state index >= 15 is 0 Å². The van der Waals surface area contributed by atoms with Crippen LogP contribution in [0.1, 0.15) is 53.7 Å². The summed E-state index contributed by atoms with van der Waals surface area (Å²) in [4.78, 5) is 4.28. The summed E-state index contributed by atoms with van der Waals surface area (Å²) in [5.41, 5.74) is 14.8. The summed E-state index contributed by atoms with van der Waals surface area (Å²) in [5, 5.41) is 2.16. The number of rotatable bonds is 10. The van der Waals surface area contributed by atoms with Crippen molar-refractivity contribution in [3.05, 3.63) is 393 Å². The summed E-state index contributed by atoms with van der Waals surface area (Å²) in [5.74, 6) is 0. The lowest BCUT2D eigenvalue weighted by molar-refractivity contribution is 0.591. The van der Waals surface area contributed by atoms with Crippen molar-refractivity contribution in [2.24, 2.45) is 0 Å². The van der Waals surface area contributed by atoms with Crippen LogP contribution in [-0.2, 0) is 5.41 Å². The van der Waals surface area contributed by atoms with Crippen LogP contribution in [0, 0.1) is 0 Å². The van der Waals surface area contributed by atoms with Crippen molar-refractivity contribution in [3.63, 3.8) is 0 Å². The van der Waals surface area contributed by atoms with E-state index in [0.717, 1.165) is 66.4 Å². The van der Waals surface area contributed by atoms with E-state index in [4.69, 9.17) is 0 Å². The topological polar surface area (TPSA) is 26.2 Å². The zero-order chi connectivity index (χ0) is 92.1. The molecule has 7 heteroatoms. The second kappa shape index (κ2) is 25.1. The summed E-state index contributed by atoms with van der Waals surface area (Å²) in [6, 6.07) is 77.1. The quantitative estimate of drug-likeness (QED) is 0.128. The first-order valence-electron chi connectivity index (χ1n) is 47.7. The van der Waals surface area contributed by atoms with Gasteiger partial charge >= 0.3 is 0 Å². The summed E-state index contributed by atoms with van der Waals surface area (Å²) in [7, 11) is 0. The Labute approximate surface area is 683 Å². The van der Waals surface area contributed by atoms with Gasteiger partial charge in [-0.1, -0.05) is 281 Å². The van der Waals surface area contributed by atoms with Crippen molar-refractivity contribution in [3.8, 4) is 67.3 Å². The van der Waals surface area contributed by atoms with Crippen LogP contribution in [0.3, 0.4) is 0 Å². The SMILES string of the molecule is [2H]c1c([2H])c([2H])c2c(c1[2H])c1cc(-n3c4ccccc4c4ccccc43)ccc1n2-c1ccc2c(c1)N(c1cc(-c3ccccc3)cc(-c3ccccc3)c1)c1cc(-n3c4c([2H])c([2H])c([2H])c([2H])c4c4c([2H])c([2H])c([2H])c([2H])c43)cc3c1B2c1ccc(-n2c4c([2H])c([2H])c([2H])c([2H])c4c4c([2H])c([2H])c([2H])c([2H])c42)cc1N3c1c(-c2ccccc2)cc(C(C)(C)C)cc1-c1ccccc1. The van der Waals surface area contributed by atoms with E-state index in [9.17, 15) is 27.4 Å². The molecule has 0 fully saturated rings. The maximum atomic E-state index is 10.3. The second-order valence-electron chi connectivity index (χ2n) is 30.1. The summed E-state index contributed by atoms with van der Waals surface area (Å²) in [6.45, 7) is 5.46. The molecule has 0 atom stereocenters. The molecule has 4 aromatic heterocycles. The fourth-order valence-corrected chi connectivity index (χ4v) is 17.9. The Morgan fingerprint density at radius 2 is 0.593 bits per heavy atom. The molecular formula is C106H73BN6. The van der Waals surface area contributed by atoms with Gasteiger partial charge in [-0.05, 0) is 188 Å². The van der Waals surface area contributed by atoms with Crippen LogP contribution < -0.4 is 26.2 Å². The highest BCUT2D eigenvalue weighted by Gasteiger charge is 2.46. The summed E-state index contributed by atoms with van der Waals surface area (Å²) >= 11 is 0. The summed E-state index contributed by atoms with van der Waals surface area (Å²) in [6.07, 6.45) is 0. The van der Waals surface area contributed by atoms with Crippen molar-refractivity contribution >= 4 is 144 Å². The lowest BCUT2D eigenvalue weighted by atomic mass is 9.33. The number of benzene rings is 17. The lowest BCUT2D eigenvalue weighted by Gasteiger charge is -2.45. The minimum absolute atomic E-state index is 0.137. The molecule has 530 valence electrons. The number of hydrogen-bond acceptors (Lipinski definition) is 2. The number of aromatic nitrogens is 4. The standard InChI is InChI=1S/C106H73BN6/c1-106(2,3)74-61-87(70-34-12-6-13-35-70)105(88(62-74)71-36-14-7-15-37-71)113-101-65-77(109-94-47-25-18-40-82(94)83-41-19-26-48-95(83)109)53-56-91(101)107-90-55-52-76(110-98-51-29-22-44-86(98)89-63-75(54-57-99(89)110)108-92-45-23-16-38-80(92)81-39-17-24-46-93(81)108)64-100(90)112(78-59-72(68-30-8-4-9-31-68)58-73(60-78)69-32-10-5-11-33-69)102-66-79(67-103(113)104(102)107)111-96-49-27-20-42-84(96)85-43-21-28-50-97(85)111/h4-67H,1-3H3/i18D,19D,20D,21D,22D,25D,26D,27D,28D,29D,40D,41D,42D,43D,44D,47D,48D,49D,50D,51D. The van der Waals surface area contributed by atoms with Crippen LogP contribution in [0.4, 0.5) is 34.1 Å². The molecule has 113 heavy (non-hydrogen) atoms. The van der Waals surface area contributed by atoms with E-state index < -0.39 is 121 Å². The molecule has 6 heterocycles. The number of anilines is 6. The Hall–Kier alpha value is -14.4.